The predicted octanol–water partition coefficient (Wildman–Crippen LogP) is 1.25. The average Bonchev–Trinajstić information content (AvgIpc) is 2.38. The van der Waals surface area contributed by atoms with E-state index < -0.39 is 5.97 Å². The quantitative estimate of drug-likeness (QED) is 0.797. The summed E-state index contributed by atoms with van der Waals surface area (Å²) in [6, 6.07) is 8.00. The number of rotatable bonds is 1. The fourth-order valence-corrected chi connectivity index (χ4v) is 1.91. The van der Waals surface area contributed by atoms with Gasteiger partial charge in [0.25, 0.3) is 0 Å². The normalized spacial score (nSPS) is 11.6. The summed E-state index contributed by atoms with van der Waals surface area (Å²) >= 11 is 0. The van der Waals surface area contributed by atoms with E-state index in [1.165, 1.54) is 0 Å². The van der Waals surface area contributed by atoms with Gasteiger partial charge >= 0.3 is 57.4 Å². The maximum atomic E-state index is 11.8. The molecule has 19 heavy (non-hydrogen) atoms. The molecule has 2 heterocycles. The summed E-state index contributed by atoms with van der Waals surface area (Å²) in [7, 11) is 0. The molecule has 0 radical (unpaired) electrons. The van der Waals surface area contributed by atoms with Gasteiger partial charge in [-0.15, -0.1) is 0 Å². The van der Waals surface area contributed by atoms with E-state index in [4.69, 9.17) is 14.3 Å². The molecule has 1 aliphatic heterocycles. The van der Waals surface area contributed by atoms with Crippen molar-refractivity contribution in [2.24, 2.45) is 0 Å². The number of hydrogen-bond acceptors (Lipinski definition) is 4. The standard InChI is InChI=1S/C13H8O5.K.H/c14-9-5-11(13(15)16)18-12-7-3-1-2-4-10(7)17-6-8(9)12;;/h1-5H,6H2,(H,15,16);;. The third-order valence-corrected chi connectivity index (χ3v) is 2.76. The SMILES string of the molecule is O=C(O)c1cc(=O)c2c(o1)-c1ccccc1OC2.[KH]. The van der Waals surface area contributed by atoms with Crippen LogP contribution in [0.2, 0.25) is 0 Å². The molecule has 3 rings (SSSR count). The summed E-state index contributed by atoms with van der Waals surface area (Å²) in [5, 5.41) is 8.89. The molecule has 1 N–H and O–H groups in total. The molecule has 0 saturated carbocycles. The van der Waals surface area contributed by atoms with Crippen LogP contribution in [0, 0.1) is 0 Å². The second kappa shape index (κ2) is 5.60. The Morgan fingerprint density at radius 2 is 2.00 bits per heavy atom. The van der Waals surface area contributed by atoms with Gasteiger partial charge in [0.2, 0.25) is 5.76 Å². The molecule has 5 nitrogen and oxygen atoms in total. The fourth-order valence-electron chi connectivity index (χ4n) is 1.91. The van der Waals surface area contributed by atoms with Crippen molar-refractivity contribution in [1.29, 1.82) is 0 Å². The first-order chi connectivity index (χ1) is 8.66. The number of hydrogen-bond donors (Lipinski definition) is 1. The molecule has 1 aliphatic rings. The van der Waals surface area contributed by atoms with E-state index in [0.717, 1.165) is 6.07 Å². The van der Waals surface area contributed by atoms with Crippen molar-refractivity contribution >= 4 is 57.4 Å². The van der Waals surface area contributed by atoms with Gasteiger partial charge in [-0.1, -0.05) is 12.1 Å². The number of benzene rings is 1. The summed E-state index contributed by atoms with van der Waals surface area (Å²) in [6.07, 6.45) is 0. The average molecular weight is 284 g/mol. The van der Waals surface area contributed by atoms with Crippen molar-refractivity contribution in [1.82, 2.24) is 0 Å². The van der Waals surface area contributed by atoms with Crippen molar-refractivity contribution in [2.45, 2.75) is 6.61 Å². The maximum absolute atomic E-state index is 11.8. The van der Waals surface area contributed by atoms with Gasteiger partial charge in [0.1, 0.15) is 18.1 Å². The van der Waals surface area contributed by atoms with Gasteiger partial charge in [-0.2, -0.15) is 0 Å². The zero-order chi connectivity index (χ0) is 12.7. The number of ether oxygens (including phenoxy) is 1. The molecule has 0 aliphatic carbocycles. The van der Waals surface area contributed by atoms with E-state index in [0.29, 0.717) is 16.9 Å². The molecule has 1 aromatic heterocycles. The van der Waals surface area contributed by atoms with Crippen molar-refractivity contribution in [3.05, 3.63) is 51.9 Å². The number of aromatic carboxylic acids is 1. The molecule has 0 spiro atoms. The van der Waals surface area contributed by atoms with Crippen molar-refractivity contribution in [2.75, 3.05) is 0 Å². The second-order valence-electron chi connectivity index (χ2n) is 3.87. The van der Waals surface area contributed by atoms with Crippen LogP contribution in [0.15, 0.2) is 39.5 Å². The van der Waals surface area contributed by atoms with Crippen LogP contribution in [0.4, 0.5) is 0 Å². The zero-order valence-electron chi connectivity index (χ0n) is 9.17. The summed E-state index contributed by atoms with van der Waals surface area (Å²) < 4.78 is 10.7. The van der Waals surface area contributed by atoms with Crippen LogP contribution in [0.5, 0.6) is 5.75 Å². The first-order valence-corrected chi connectivity index (χ1v) is 5.29. The van der Waals surface area contributed by atoms with Crippen LogP contribution in [0.1, 0.15) is 16.1 Å². The molecule has 6 heteroatoms. The molecule has 1 aromatic carbocycles. The Morgan fingerprint density at radius 3 is 2.74 bits per heavy atom. The van der Waals surface area contributed by atoms with E-state index >= 15 is 0 Å². The minimum absolute atomic E-state index is 0. The molecule has 2 aromatic rings. The Bertz CT molecular complexity index is 704. The summed E-state index contributed by atoms with van der Waals surface area (Å²) in [6.45, 7) is 0.0918. The Labute approximate surface area is 150 Å². The molecule has 0 fully saturated rings. The minimum atomic E-state index is -1.26. The van der Waals surface area contributed by atoms with E-state index in [2.05, 4.69) is 0 Å². The van der Waals surface area contributed by atoms with Gasteiger partial charge < -0.3 is 14.3 Å². The van der Waals surface area contributed by atoms with Gasteiger partial charge in [-0.25, -0.2) is 4.79 Å². The summed E-state index contributed by atoms with van der Waals surface area (Å²) in [5.41, 5.74) is 0.556. The third-order valence-electron chi connectivity index (χ3n) is 2.76. The van der Waals surface area contributed by atoms with Crippen LogP contribution in [0.25, 0.3) is 11.3 Å². The van der Waals surface area contributed by atoms with Crippen LogP contribution in [0.3, 0.4) is 0 Å². The van der Waals surface area contributed by atoms with Gasteiger partial charge in [0.05, 0.1) is 11.1 Å². The first kappa shape index (κ1) is 14.5. The molecule has 0 amide bonds. The molecular weight excluding hydrogens is 275 g/mol. The molecule has 92 valence electrons. The molecule has 0 unspecified atom stereocenters. The van der Waals surface area contributed by atoms with Crippen molar-refractivity contribution in [3.8, 4) is 17.1 Å². The molecule has 0 atom stereocenters. The topological polar surface area (TPSA) is 76.7 Å². The molecular formula is C13H9KO5. The number of carbonyl (C=O) groups is 1. The predicted molar refractivity (Wildman–Crippen MR) is 68.9 cm³/mol. The van der Waals surface area contributed by atoms with Gasteiger partial charge in [-0.3, -0.25) is 4.79 Å². The van der Waals surface area contributed by atoms with Crippen molar-refractivity contribution < 1.29 is 19.1 Å². The van der Waals surface area contributed by atoms with Crippen LogP contribution in [-0.4, -0.2) is 62.5 Å². The number of para-hydroxylation sites is 1. The first-order valence-electron chi connectivity index (χ1n) is 5.29. The Balaban J connectivity index is 0.00000133. The molecule has 0 bridgehead atoms. The molecule has 0 saturated heterocycles. The number of fused-ring (bicyclic) bond motifs is 3. The van der Waals surface area contributed by atoms with Crippen LogP contribution >= 0.6 is 0 Å². The van der Waals surface area contributed by atoms with Crippen LogP contribution in [-0.2, 0) is 6.61 Å². The van der Waals surface area contributed by atoms with E-state index in [1.54, 1.807) is 24.3 Å². The zero-order valence-corrected chi connectivity index (χ0v) is 9.17. The number of carboxylic acid groups (broad SMARTS) is 1. The second-order valence-corrected chi connectivity index (χ2v) is 3.87. The van der Waals surface area contributed by atoms with Crippen LogP contribution < -0.4 is 10.2 Å². The fraction of sp³-hybridized carbons (Fsp3) is 0.0769. The van der Waals surface area contributed by atoms with Gasteiger partial charge in [0.15, 0.2) is 5.43 Å². The number of carboxylic acids is 1. The Hall–Kier alpha value is -0.924. The van der Waals surface area contributed by atoms with E-state index in [9.17, 15) is 9.59 Å². The third kappa shape index (κ3) is 2.54. The van der Waals surface area contributed by atoms with Gasteiger partial charge in [-0.05, 0) is 12.1 Å². The summed E-state index contributed by atoms with van der Waals surface area (Å²) in [5.74, 6) is -0.772. The van der Waals surface area contributed by atoms with E-state index in [-0.39, 0.29) is 74.9 Å². The van der Waals surface area contributed by atoms with Crippen molar-refractivity contribution in [3.63, 3.8) is 0 Å². The monoisotopic (exact) mass is 284 g/mol. The Kier molecular flexibility index (Phi) is 4.27. The summed E-state index contributed by atoms with van der Waals surface area (Å²) in [4.78, 5) is 22.7. The van der Waals surface area contributed by atoms with Gasteiger partial charge in [0, 0.05) is 6.07 Å². The Morgan fingerprint density at radius 1 is 1.26 bits per heavy atom. The van der Waals surface area contributed by atoms with E-state index in [1.807, 2.05) is 0 Å².